The van der Waals surface area contributed by atoms with E-state index in [4.69, 9.17) is 23.2 Å². The second-order valence-electron chi connectivity index (χ2n) is 4.40. The summed E-state index contributed by atoms with van der Waals surface area (Å²) in [5.41, 5.74) is 1.25. The van der Waals surface area contributed by atoms with Gasteiger partial charge >= 0.3 is 0 Å². The molecule has 2 N–H and O–H groups in total. The predicted molar refractivity (Wildman–Crippen MR) is 86.5 cm³/mol. The molecular formula is C14H14Cl2N2O2S. The van der Waals surface area contributed by atoms with Gasteiger partial charge in [0.2, 0.25) is 0 Å². The first-order valence-electron chi connectivity index (χ1n) is 6.14. The van der Waals surface area contributed by atoms with Crippen LogP contribution in [0.5, 0.6) is 0 Å². The Balaban J connectivity index is 2.27. The standard InChI is InChI=1S/C14H14Cl2N2O2S/c1-17-9-10-2-5-12(6-3-10)21(19,20)18-14-8-11(15)4-7-13(14)16/h2-8,17-18H,9H2,1H3. The Kier molecular flexibility index (Phi) is 5.11. The van der Waals surface area contributed by atoms with Crippen LogP contribution in [-0.2, 0) is 16.6 Å². The molecule has 112 valence electrons. The van der Waals surface area contributed by atoms with Crippen molar-refractivity contribution in [3.05, 3.63) is 58.1 Å². The monoisotopic (exact) mass is 344 g/mol. The maximum Gasteiger partial charge on any atom is 0.261 e. The first kappa shape index (κ1) is 16.1. The molecule has 2 aromatic carbocycles. The van der Waals surface area contributed by atoms with Gasteiger partial charge in [0, 0.05) is 11.6 Å². The van der Waals surface area contributed by atoms with Gasteiger partial charge in [-0.05, 0) is 42.9 Å². The molecule has 2 aromatic rings. The van der Waals surface area contributed by atoms with Gasteiger partial charge in [0.15, 0.2) is 0 Å². The summed E-state index contributed by atoms with van der Waals surface area (Å²) in [5, 5.41) is 3.69. The zero-order valence-corrected chi connectivity index (χ0v) is 13.6. The molecule has 0 fully saturated rings. The van der Waals surface area contributed by atoms with E-state index in [1.807, 2.05) is 7.05 Å². The molecule has 0 aliphatic rings. The molecule has 0 heterocycles. The van der Waals surface area contributed by atoms with Crippen molar-refractivity contribution in [2.75, 3.05) is 11.8 Å². The lowest BCUT2D eigenvalue weighted by Crippen LogP contribution is -2.13. The van der Waals surface area contributed by atoms with Crippen LogP contribution in [0.3, 0.4) is 0 Å². The normalized spacial score (nSPS) is 11.4. The molecule has 0 saturated carbocycles. The molecule has 4 nitrogen and oxygen atoms in total. The zero-order valence-electron chi connectivity index (χ0n) is 11.2. The number of sulfonamides is 1. The van der Waals surface area contributed by atoms with Crippen LogP contribution < -0.4 is 10.0 Å². The number of nitrogens with one attached hydrogen (secondary N) is 2. The molecule has 0 saturated heterocycles. The van der Waals surface area contributed by atoms with Crippen LogP contribution in [0.15, 0.2) is 47.4 Å². The van der Waals surface area contributed by atoms with Gasteiger partial charge in [0.1, 0.15) is 0 Å². The number of halogens is 2. The largest absolute Gasteiger partial charge is 0.316 e. The van der Waals surface area contributed by atoms with E-state index in [1.54, 1.807) is 30.3 Å². The number of hydrogen-bond donors (Lipinski definition) is 2. The molecule has 0 bridgehead atoms. The van der Waals surface area contributed by atoms with E-state index in [1.165, 1.54) is 12.1 Å². The van der Waals surface area contributed by atoms with Gasteiger partial charge in [-0.2, -0.15) is 0 Å². The highest BCUT2D eigenvalue weighted by Crippen LogP contribution is 2.27. The molecule has 0 unspecified atom stereocenters. The highest BCUT2D eigenvalue weighted by Gasteiger charge is 2.15. The number of benzene rings is 2. The minimum atomic E-state index is -3.70. The molecule has 0 aromatic heterocycles. The number of hydrogen-bond acceptors (Lipinski definition) is 3. The highest BCUT2D eigenvalue weighted by molar-refractivity contribution is 7.92. The fourth-order valence-corrected chi connectivity index (χ4v) is 3.23. The molecule has 0 aliphatic heterocycles. The van der Waals surface area contributed by atoms with Crippen LogP contribution in [0.2, 0.25) is 10.0 Å². The second-order valence-corrected chi connectivity index (χ2v) is 6.93. The van der Waals surface area contributed by atoms with E-state index in [2.05, 4.69) is 10.0 Å². The van der Waals surface area contributed by atoms with Crippen LogP contribution in [0.4, 0.5) is 5.69 Å². The Morgan fingerprint density at radius 1 is 1.05 bits per heavy atom. The average molecular weight is 345 g/mol. The fourth-order valence-electron chi connectivity index (χ4n) is 1.77. The van der Waals surface area contributed by atoms with Gasteiger partial charge < -0.3 is 5.32 Å². The van der Waals surface area contributed by atoms with E-state index in [0.29, 0.717) is 11.6 Å². The molecule has 0 radical (unpaired) electrons. The minimum Gasteiger partial charge on any atom is -0.316 e. The van der Waals surface area contributed by atoms with Crippen LogP contribution >= 0.6 is 23.2 Å². The second kappa shape index (κ2) is 6.66. The van der Waals surface area contributed by atoms with Gasteiger partial charge in [0.25, 0.3) is 10.0 Å². The number of rotatable bonds is 5. The van der Waals surface area contributed by atoms with E-state index < -0.39 is 10.0 Å². The van der Waals surface area contributed by atoms with E-state index in [0.717, 1.165) is 5.56 Å². The van der Waals surface area contributed by atoms with Crippen molar-refractivity contribution >= 4 is 38.9 Å². The highest BCUT2D eigenvalue weighted by atomic mass is 35.5. The van der Waals surface area contributed by atoms with Gasteiger partial charge in [-0.1, -0.05) is 35.3 Å². The lowest BCUT2D eigenvalue weighted by molar-refractivity contribution is 0.601. The van der Waals surface area contributed by atoms with Crippen molar-refractivity contribution in [3.8, 4) is 0 Å². The third-order valence-electron chi connectivity index (χ3n) is 2.79. The van der Waals surface area contributed by atoms with Crippen molar-refractivity contribution in [3.63, 3.8) is 0 Å². The van der Waals surface area contributed by atoms with Crippen molar-refractivity contribution < 1.29 is 8.42 Å². The fraction of sp³-hybridized carbons (Fsp3) is 0.143. The molecule has 0 spiro atoms. The third-order valence-corrected chi connectivity index (χ3v) is 4.73. The van der Waals surface area contributed by atoms with Crippen molar-refractivity contribution in [2.45, 2.75) is 11.4 Å². The molecule has 0 aliphatic carbocycles. The Morgan fingerprint density at radius 2 is 1.71 bits per heavy atom. The van der Waals surface area contributed by atoms with Crippen LogP contribution in [0.25, 0.3) is 0 Å². The Bertz CT molecular complexity index is 731. The molecule has 0 atom stereocenters. The molecule has 21 heavy (non-hydrogen) atoms. The predicted octanol–water partition coefficient (Wildman–Crippen LogP) is 3.51. The summed E-state index contributed by atoms with van der Waals surface area (Å²) < 4.78 is 27.0. The minimum absolute atomic E-state index is 0.165. The molecule has 7 heteroatoms. The van der Waals surface area contributed by atoms with Gasteiger partial charge in [-0.3, -0.25) is 4.72 Å². The Labute approximate surface area is 134 Å². The molecule has 2 rings (SSSR count). The van der Waals surface area contributed by atoms with E-state index >= 15 is 0 Å². The summed E-state index contributed by atoms with van der Waals surface area (Å²) in [6.07, 6.45) is 0. The summed E-state index contributed by atoms with van der Waals surface area (Å²) >= 11 is 11.8. The van der Waals surface area contributed by atoms with E-state index in [9.17, 15) is 8.42 Å². The lowest BCUT2D eigenvalue weighted by Gasteiger charge is -2.10. The average Bonchev–Trinajstić information content (AvgIpc) is 2.44. The van der Waals surface area contributed by atoms with Crippen molar-refractivity contribution in [1.82, 2.24) is 5.32 Å². The summed E-state index contributed by atoms with van der Waals surface area (Å²) in [6, 6.07) is 11.2. The Morgan fingerprint density at radius 3 is 2.33 bits per heavy atom. The maximum atomic E-state index is 12.3. The van der Waals surface area contributed by atoms with Gasteiger partial charge in [-0.15, -0.1) is 0 Å². The van der Waals surface area contributed by atoms with Crippen LogP contribution in [0, 0.1) is 0 Å². The first-order chi connectivity index (χ1) is 9.92. The maximum absolute atomic E-state index is 12.3. The zero-order chi connectivity index (χ0) is 15.5. The van der Waals surface area contributed by atoms with Crippen LogP contribution in [-0.4, -0.2) is 15.5 Å². The lowest BCUT2D eigenvalue weighted by atomic mass is 10.2. The topological polar surface area (TPSA) is 58.2 Å². The van der Waals surface area contributed by atoms with Crippen molar-refractivity contribution in [1.29, 1.82) is 0 Å². The number of anilines is 1. The molecule has 0 amide bonds. The Hall–Kier alpha value is -1.27. The summed E-state index contributed by atoms with van der Waals surface area (Å²) in [4.78, 5) is 0.165. The first-order valence-corrected chi connectivity index (χ1v) is 8.38. The summed E-state index contributed by atoms with van der Waals surface area (Å²) in [6.45, 7) is 0.674. The molecular weight excluding hydrogens is 331 g/mol. The van der Waals surface area contributed by atoms with Gasteiger partial charge in [0.05, 0.1) is 15.6 Å². The third kappa shape index (κ3) is 4.11. The summed E-state index contributed by atoms with van der Waals surface area (Å²) in [7, 11) is -1.87. The van der Waals surface area contributed by atoms with E-state index in [-0.39, 0.29) is 15.6 Å². The van der Waals surface area contributed by atoms with Crippen molar-refractivity contribution in [2.24, 2.45) is 0 Å². The SMILES string of the molecule is CNCc1ccc(S(=O)(=O)Nc2cc(Cl)ccc2Cl)cc1. The quantitative estimate of drug-likeness (QED) is 0.872. The summed E-state index contributed by atoms with van der Waals surface area (Å²) in [5.74, 6) is 0. The van der Waals surface area contributed by atoms with Crippen LogP contribution in [0.1, 0.15) is 5.56 Å². The smallest absolute Gasteiger partial charge is 0.261 e. The van der Waals surface area contributed by atoms with Gasteiger partial charge in [-0.25, -0.2) is 8.42 Å².